The molecule has 31 heteroatoms. The van der Waals surface area contributed by atoms with Crippen molar-refractivity contribution in [3.8, 4) is 0 Å². The highest BCUT2D eigenvalue weighted by Crippen LogP contribution is 2.38. The molecule has 5 rings (SSSR count). The standard InChI is InChI=1S/C30H39FN18O12/c31-17-18(42-48-36)28(57-15(8-39-45-33)25(17)55-10-11-4-2-1-3-5-11)59-24-13(41-47-35)6-12(40-46-34)20(51)27(24)61-30-23(54)26(16(9-50)58-30)60-29-19(43-49-37)22(53)21(52)14(56-29)7-38-44-32/h1-5,12-30,50-54H,6-10H2. The van der Waals surface area contributed by atoms with Crippen LogP contribution in [0.25, 0.3) is 62.7 Å². The average Bonchev–Trinajstić information content (AvgIpc) is 3.55. The molecule has 0 bridgehead atoms. The molecule has 30 nitrogen and oxygen atoms in total. The fourth-order valence-electron chi connectivity index (χ4n) is 7.32. The zero-order valence-corrected chi connectivity index (χ0v) is 31.4. The van der Waals surface area contributed by atoms with Crippen molar-refractivity contribution in [2.75, 3.05) is 19.7 Å². The first-order chi connectivity index (χ1) is 29.5. The molecule has 1 aliphatic carbocycles. The molecule has 1 aromatic rings. The Kier molecular flexibility index (Phi) is 17.1. The highest BCUT2D eigenvalue weighted by Gasteiger charge is 2.56. The first kappa shape index (κ1) is 46.6. The lowest BCUT2D eigenvalue weighted by molar-refractivity contribution is -0.306. The smallest absolute Gasteiger partial charge is 0.187 e. The molecule has 4 aliphatic rings. The second-order valence-electron chi connectivity index (χ2n) is 13.8. The van der Waals surface area contributed by atoms with E-state index < -0.39 is 142 Å². The Labute approximate surface area is 341 Å². The molecule has 0 spiro atoms. The molecule has 19 atom stereocenters. The van der Waals surface area contributed by atoms with Crippen LogP contribution in [-0.4, -0.2) is 162 Å². The molecule has 0 amide bonds. The summed E-state index contributed by atoms with van der Waals surface area (Å²) < 4.78 is 57.7. The maximum Gasteiger partial charge on any atom is 0.187 e. The van der Waals surface area contributed by atoms with Gasteiger partial charge in [-0.25, -0.2) is 4.39 Å². The SMILES string of the molecule is [N-]=[N+]=NCC1OC(OC2C(CO)OC(OC3C(O)C(N=[N+]=[N-])CC(N=[N+]=[N-])C3OC3OC(CN=[N+]=[N-])C(OCc4ccccc4)C(F)C3N=[N+]=[N-])C2O)C(N=[N+]=[N-])C(O)C1O. The number of hydrogen-bond donors (Lipinski definition) is 5. The zero-order chi connectivity index (χ0) is 44.1. The minimum absolute atomic E-state index is 0.137. The second kappa shape index (κ2) is 22.4. The summed E-state index contributed by atoms with van der Waals surface area (Å²) in [5.41, 5.74) is 55.9. The summed E-state index contributed by atoms with van der Waals surface area (Å²) in [6.45, 7) is -2.05. The number of rotatable bonds is 18. The van der Waals surface area contributed by atoms with Gasteiger partial charge in [0.05, 0.1) is 68.9 Å². The predicted octanol–water partition coefficient (Wildman–Crippen LogP) is 2.42. The lowest BCUT2D eigenvalue weighted by Gasteiger charge is -2.47. The van der Waals surface area contributed by atoms with E-state index in [0.29, 0.717) is 5.56 Å². The van der Waals surface area contributed by atoms with Crippen molar-refractivity contribution >= 4 is 0 Å². The van der Waals surface area contributed by atoms with Crippen molar-refractivity contribution in [3.05, 3.63) is 98.6 Å². The van der Waals surface area contributed by atoms with Gasteiger partial charge in [0.1, 0.15) is 54.9 Å². The zero-order valence-electron chi connectivity index (χ0n) is 31.4. The number of azide groups is 6. The summed E-state index contributed by atoms with van der Waals surface area (Å²) in [7, 11) is 0. The van der Waals surface area contributed by atoms with E-state index in [2.05, 4.69) is 60.2 Å². The molecule has 19 unspecified atom stereocenters. The van der Waals surface area contributed by atoms with Crippen LogP contribution in [-0.2, 0) is 39.8 Å². The third kappa shape index (κ3) is 10.9. The van der Waals surface area contributed by atoms with E-state index in [4.69, 9.17) is 49.8 Å². The quantitative estimate of drug-likeness (QED) is 0.0807. The molecule has 3 aliphatic heterocycles. The fourth-order valence-corrected chi connectivity index (χ4v) is 7.32. The van der Waals surface area contributed by atoms with Crippen molar-refractivity contribution in [1.82, 2.24) is 0 Å². The number of hydrogen-bond acceptors (Lipinski definition) is 18. The monoisotopic (exact) mass is 862 g/mol. The van der Waals surface area contributed by atoms with Crippen molar-refractivity contribution < 1.29 is 63.1 Å². The summed E-state index contributed by atoms with van der Waals surface area (Å²) >= 11 is 0. The van der Waals surface area contributed by atoms with Gasteiger partial charge in [-0.05, 0) is 45.2 Å². The van der Waals surface area contributed by atoms with E-state index in [-0.39, 0.29) is 6.61 Å². The van der Waals surface area contributed by atoms with Gasteiger partial charge < -0.3 is 58.7 Å². The van der Waals surface area contributed by atoms with Gasteiger partial charge in [0.25, 0.3) is 0 Å². The van der Waals surface area contributed by atoms with Gasteiger partial charge in [-0.1, -0.05) is 61.0 Å². The van der Waals surface area contributed by atoms with Crippen LogP contribution >= 0.6 is 0 Å². The summed E-state index contributed by atoms with van der Waals surface area (Å²) in [6.07, 6.45) is -26.5. The summed E-state index contributed by atoms with van der Waals surface area (Å²) in [5.74, 6) is 0. The maximum absolute atomic E-state index is 16.5. The Bertz CT molecular complexity index is 1930. The Morgan fingerprint density at radius 1 is 0.590 bits per heavy atom. The van der Waals surface area contributed by atoms with Crippen LogP contribution < -0.4 is 0 Å². The number of alkyl halides is 1. The van der Waals surface area contributed by atoms with Gasteiger partial charge in [-0.15, -0.1) is 0 Å². The topological polar surface area (TPSA) is 458 Å². The first-order valence-corrected chi connectivity index (χ1v) is 18.3. The maximum atomic E-state index is 16.5. The van der Waals surface area contributed by atoms with Gasteiger partial charge in [-0.2, -0.15) is 0 Å². The highest BCUT2D eigenvalue weighted by atomic mass is 19.1. The fraction of sp³-hybridized carbons (Fsp3) is 0.800. The van der Waals surface area contributed by atoms with E-state index in [1.54, 1.807) is 30.3 Å². The normalized spacial score (nSPS) is 39.4. The number of aliphatic hydroxyl groups excluding tert-OH is 5. The van der Waals surface area contributed by atoms with E-state index in [1.807, 2.05) is 0 Å². The van der Waals surface area contributed by atoms with Crippen LogP contribution in [0.3, 0.4) is 0 Å². The van der Waals surface area contributed by atoms with Crippen molar-refractivity contribution in [2.45, 2.75) is 129 Å². The Morgan fingerprint density at radius 3 is 1.79 bits per heavy atom. The van der Waals surface area contributed by atoms with Crippen molar-refractivity contribution in [1.29, 1.82) is 0 Å². The van der Waals surface area contributed by atoms with Crippen LogP contribution in [0.2, 0.25) is 0 Å². The number of benzene rings is 1. The predicted molar refractivity (Wildman–Crippen MR) is 196 cm³/mol. The molecule has 3 heterocycles. The van der Waals surface area contributed by atoms with Gasteiger partial charge >= 0.3 is 0 Å². The average molecular weight is 863 g/mol. The second-order valence-corrected chi connectivity index (χ2v) is 13.8. The highest BCUT2D eigenvalue weighted by molar-refractivity contribution is 5.14. The summed E-state index contributed by atoms with van der Waals surface area (Å²) in [4.78, 5) is 16.2. The molecule has 4 fully saturated rings. The van der Waals surface area contributed by atoms with Crippen LogP contribution in [0.5, 0.6) is 0 Å². The Hall–Kier alpha value is -5.47. The lowest BCUT2D eigenvalue weighted by Crippen LogP contribution is -2.63. The first-order valence-electron chi connectivity index (χ1n) is 18.3. The Balaban J connectivity index is 1.44. The molecule has 61 heavy (non-hydrogen) atoms. The van der Waals surface area contributed by atoms with E-state index in [1.165, 1.54) is 0 Å². The molecule has 3 saturated heterocycles. The van der Waals surface area contributed by atoms with E-state index in [0.717, 1.165) is 0 Å². The lowest BCUT2D eigenvalue weighted by atomic mass is 9.84. The molecule has 5 N–H and O–H groups in total. The van der Waals surface area contributed by atoms with Gasteiger partial charge in [0.2, 0.25) is 0 Å². The molecule has 0 aromatic heterocycles. The van der Waals surface area contributed by atoms with Crippen LogP contribution in [0.15, 0.2) is 61.0 Å². The third-order valence-electron chi connectivity index (χ3n) is 10.2. The van der Waals surface area contributed by atoms with Gasteiger partial charge in [0.15, 0.2) is 18.9 Å². The molecular weight excluding hydrogens is 823 g/mol. The number of aliphatic hydroxyl groups is 5. The van der Waals surface area contributed by atoms with Crippen LogP contribution in [0.1, 0.15) is 12.0 Å². The van der Waals surface area contributed by atoms with Crippen molar-refractivity contribution in [2.24, 2.45) is 30.7 Å². The molecule has 1 saturated carbocycles. The summed E-state index contributed by atoms with van der Waals surface area (Å²) in [5, 5.41) is 75.5. The molecule has 328 valence electrons. The molecule has 1 aromatic carbocycles. The van der Waals surface area contributed by atoms with Gasteiger partial charge in [-0.3, -0.25) is 0 Å². The molecule has 0 radical (unpaired) electrons. The minimum Gasteiger partial charge on any atom is -0.394 e. The number of halogens is 1. The molecular formula is C30H39FN18O12. The van der Waals surface area contributed by atoms with Crippen molar-refractivity contribution in [3.63, 3.8) is 0 Å². The largest absolute Gasteiger partial charge is 0.394 e. The summed E-state index contributed by atoms with van der Waals surface area (Å²) in [6, 6.07) is 2.28. The number of nitrogens with zero attached hydrogens (tertiary/aromatic N) is 18. The van der Waals surface area contributed by atoms with Gasteiger partial charge in [0, 0.05) is 29.5 Å². The van der Waals surface area contributed by atoms with Crippen LogP contribution in [0, 0.1) is 0 Å². The van der Waals surface area contributed by atoms with E-state index in [9.17, 15) is 42.1 Å². The minimum atomic E-state index is -2.19. The Morgan fingerprint density at radius 2 is 1.15 bits per heavy atom. The van der Waals surface area contributed by atoms with E-state index >= 15 is 4.39 Å². The van der Waals surface area contributed by atoms with Crippen LogP contribution in [0.4, 0.5) is 4.39 Å². The number of ether oxygens (including phenoxy) is 7. The third-order valence-corrected chi connectivity index (χ3v) is 10.2.